The second-order valence-electron chi connectivity index (χ2n) is 2.14. The van der Waals surface area contributed by atoms with Gasteiger partial charge < -0.3 is 5.73 Å². The van der Waals surface area contributed by atoms with Crippen molar-refractivity contribution >= 4 is 17.2 Å². The van der Waals surface area contributed by atoms with Crippen LogP contribution in [0.1, 0.15) is 12.8 Å². The van der Waals surface area contributed by atoms with E-state index in [0.717, 1.165) is 19.4 Å². The van der Waals surface area contributed by atoms with Crippen LogP contribution in [0.5, 0.6) is 0 Å². The molecular weight excluding hydrogens is 162 g/mol. The highest BCUT2D eigenvalue weighted by atomic mass is 32.1. The van der Waals surface area contributed by atoms with Gasteiger partial charge in [0.25, 0.3) is 0 Å². The highest BCUT2D eigenvalue weighted by Gasteiger charge is 1.93. The van der Waals surface area contributed by atoms with E-state index >= 15 is 0 Å². The number of nitrogens with two attached hydrogens (primary N) is 1. The van der Waals surface area contributed by atoms with Gasteiger partial charge in [-0.05, 0) is 23.3 Å². The first-order chi connectivity index (χ1) is 5.29. The van der Waals surface area contributed by atoms with Crippen LogP contribution in [0.25, 0.3) is 0 Å². The Bertz CT molecular complexity index is 219. The number of tetrazole rings is 1. The fraction of sp³-hybridized carbons (Fsp3) is 0.600. The summed E-state index contributed by atoms with van der Waals surface area (Å²) in [7, 11) is 0. The summed E-state index contributed by atoms with van der Waals surface area (Å²) in [6, 6.07) is 0. The largest absolute Gasteiger partial charge is 0.393 e. The molecule has 1 aromatic rings. The van der Waals surface area contributed by atoms with Crippen LogP contribution in [-0.4, -0.2) is 25.2 Å². The molecule has 1 heterocycles. The smallest absolute Gasteiger partial charge is 0.138 e. The van der Waals surface area contributed by atoms with Crippen molar-refractivity contribution in [1.82, 2.24) is 20.2 Å². The number of thiocarbonyl (C=S) groups is 1. The van der Waals surface area contributed by atoms with E-state index in [1.165, 1.54) is 0 Å². The Morgan fingerprint density at radius 2 is 2.45 bits per heavy atom. The van der Waals surface area contributed by atoms with Crippen molar-refractivity contribution in [1.29, 1.82) is 0 Å². The van der Waals surface area contributed by atoms with E-state index in [1.54, 1.807) is 11.0 Å². The van der Waals surface area contributed by atoms with Crippen molar-refractivity contribution in [2.24, 2.45) is 5.73 Å². The number of rotatable bonds is 4. The fourth-order valence-electron chi connectivity index (χ4n) is 0.698. The van der Waals surface area contributed by atoms with E-state index in [9.17, 15) is 0 Å². The molecule has 0 aromatic carbocycles. The molecule has 0 spiro atoms. The lowest BCUT2D eigenvalue weighted by Gasteiger charge is -1.96. The quantitative estimate of drug-likeness (QED) is 0.632. The van der Waals surface area contributed by atoms with Gasteiger partial charge in [0.15, 0.2) is 0 Å². The Hall–Kier alpha value is -1.04. The van der Waals surface area contributed by atoms with Gasteiger partial charge >= 0.3 is 0 Å². The Labute approximate surface area is 69.6 Å². The average Bonchev–Trinajstić information content (AvgIpc) is 2.39. The number of hydrogen-bond donors (Lipinski definition) is 1. The van der Waals surface area contributed by atoms with Crippen LogP contribution in [0.2, 0.25) is 0 Å². The summed E-state index contributed by atoms with van der Waals surface area (Å²) in [5.41, 5.74) is 5.30. The molecule has 1 rings (SSSR count). The monoisotopic (exact) mass is 171 g/mol. The summed E-state index contributed by atoms with van der Waals surface area (Å²) in [4.78, 5) is 0.540. The number of hydrogen-bond acceptors (Lipinski definition) is 4. The molecule has 0 amide bonds. The van der Waals surface area contributed by atoms with E-state index in [0.29, 0.717) is 4.99 Å². The van der Waals surface area contributed by atoms with Crippen molar-refractivity contribution < 1.29 is 0 Å². The molecule has 0 aliphatic carbocycles. The van der Waals surface area contributed by atoms with E-state index in [-0.39, 0.29) is 0 Å². The van der Waals surface area contributed by atoms with Crippen LogP contribution < -0.4 is 5.73 Å². The molecule has 0 atom stereocenters. The highest BCUT2D eigenvalue weighted by Crippen LogP contribution is 1.91. The molecule has 0 aliphatic heterocycles. The van der Waals surface area contributed by atoms with Crippen molar-refractivity contribution in [3.8, 4) is 0 Å². The second kappa shape index (κ2) is 3.97. The topological polar surface area (TPSA) is 69.6 Å². The number of aryl methyl sites for hydroxylation is 1. The van der Waals surface area contributed by atoms with Crippen molar-refractivity contribution in [2.75, 3.05) is 0 Å². The van der Waals surface area contributed by atoms with Gasteiger partial charge in [-0.3, -0.25) is 0 Å². The van der Waals surface area contributed by atoms with Gasteiger partial charge in [-0.2, -0.15) is 0 Å². The third-order valence-corrected chi connectivity index (χ3v) is 1.41. The minimum atomic E-state index is 0.540. The average molecular weight is 171 g/mol. The molecule has 0 fully saturated rings. The van der Waals surface area contributed by atoms with Gasteiger partial charge in [-0.15, -0.1) is 5.10 Å². The van der Waals surface area contributed by atoms with Crippen LogP contribution in [0, 0.1) is 0 Å². The predicted molar refractivity (Wildman–Crippen MR) is 43.8 cm³/mol. The molecule has 0 radical (unpaired) electrons. The standard InChI is InChI=1S/C5H9N5S/c6-5(11)2-1-3-10-4-7-8-9-10/h4H,1-3H2,(H2,6,11). The van der Waals surface area contributed by atoms with Gasteiger partial charge in [-0.25, -0.2) is 4.68 Å². The van der Waals surface area contributed by atoms with Gasteiger partial charge in [0, 0.05) is 6.54 Å². The van der Waals surface area contributed by atoms with Crippen LogP contribution in [0.4, 0.5) is 0 Å². The lowest BCUT2D eigenvalue weighted by Crippen LogP contribution is -2.09. The zero-order valence-electron chi connectivity index (χ0n) is 5.97. The SMILES string of the molecule is NC(=S)CCCn1cnnn1. The first kappa shape index (κ1) is 8.06. The second-order valence-corrected chi connectivity index (χ2v) is 2.67. The maximum atomic E-state index is 5.30. The third-order valence-electron chi connectivity index (χ3n) is 1.20. The lowest BCUT2D eigenvalue weighted by molar-refractivity contribution is 0.568. The van der Waals surface area contributed by atoms with Crippen molar-refractivity contribution in [3.63, 3.8) is 0 Å². The van der Waals surface area contributed by atoms with E-state index in [4.69, 9.17) is 18.0 Å². The summed E-state index contributed by atoms with van der Waals surface area (Å²) in [5, 5.41) is 10.7. The Morgan fingerprint density at radius 3 is 3.00 bits per heavy atom. The van der Waals surface area contributed by atoms with Crippen molar-refractivity contribution in [3.05, 3.63) is 6.33 Å². The van der Waals surface area contributed by atoms with Crippen molar-refractivity contribution in [2.45, 2.75) is 19.4 Å². The first-order valence-electron chi connectivity index (χ1n) is 3.28. The predicted octanol–water partition coefficient (Wildman–Crippen LogP) is -0.261. The fourth-order valence-corrected chi connectivity index (χ4v) is 0.842. The minimum Gasteiger partial charge on any atom is -0.393 e. The van der Waals surface area contributed by atoms with E-state index < -0.39 is 0 Å². The van der Waals surface area contributed by atoms with E-state index in [1.807, 2.05) is 0 Å². The normalized spacial score (nSPS) is 9.82. The molecule has 6 heteroatoms. The zero-order valence-corrected chi connectivity index (χ0v) is 6.79. The van der Waals surface area contributed by atoms with Gasteiger partial charge in [0.05, 0.1) is 4.99 Å². The minimum absolute atomic E-state index is 0.540. The molecule has 0 aliphatic rings. The maximum absolute atomic E-state index is 5.30. The summed E-state index contributed by atoms with van der Waals surface area (Å²) in [5.74, 6) is 0. The number of nitrogens with zero attached hydrogens (tertiary/aromatic N) is 4. The Balaban J connectivity index is 2.19. The summed E-state index contributed by atoms with van der Waals surface area (Å²) in [6.07, 6.45) is 3.20. The molecule has 11 heavy (non-hydrogen) atoms. The van der Waals surface area contributed by atoms with Crippen LogP contribution in [0.3, 0.4) is 0 Å². The summed E-state index contributed by atoms with van der Waals surface area (Å²) in [6.45, 7) is 0.768. The Kier molecular flexibility index (Phi) is 2.91. The van der Waals surface area contributed by atoms with Gasteiger partial charge in [-0.1, -0.05) is 12.2 Å². The first-order valence-corrected chi connectivity index (χ1v) is 3.69. The molecule has 60 valence electrons. The van der Waals surface area contributed by atoms with Crippen LogP contribution in [-0.2, 0) is 6.54 Å². The molecule has 5 nitrogen and oxygen atoms in total. The summed E-state index contributed by atoms with van der Waals surface area (Å²) < 4.78 is 1.65. The molecule has 2 N–H and O–H groups in total. The number of aromatic nitrogens is 4. The Morgan fingerprint density at radius 1 is 1.64 bits per heavy atom. The van der Waals surface area contributed by atoms with Crippen LogP contribution >= 0.6 is 12.2 Å². The third kappa shape index (κ3) is 3.03. The molecular formula is C5H9N5S. The molecule has 1 aromatic heterocycles. The molecule has 0 unspecified atom stereocenters. The molecule has 0 saturated heterocycles. The van der Waals surface area contributed by atoms with Gasteiger partial charge in [0.1, 0.15) is 6.33 Å². The summed E-state index contributed by atoms with van der Waals surface area (Å²) >= 11 is 4.71. The molecule has 0 bridgehead atoms. The van der Waals surface area contributed by atoms with Gasteiger partial charge in [0.2, 0.25) is 0 Å². The lowest BCUT2D eigenvalue weighted by atomic mass is 10.3. The van der Waals surface area contributed by atoms with E-state index in [2.05, 4.69) is 15.5 Å². The zero-order chi connectivity index (χ0) is 8.10. The maximum Gasteiger partial charge on any atom is 0.138 e. The highest BCUT2D eigenvalue weighted by molar-refractivity contribution is 7.80. The molecule has 0 saturated carbocycles. The van der Waals surface area contributed by atoms with Crippen LogP contribution in [0.15, 0.2) is 6.33 Å².